The molecule has 120 valence electrons. The summed E-state index contributed by atoms with van der Waals surface area (Å²) in [4.78, 5) is 0. The van der Waals surface area contributed by atoms with Gasteiger partial charge in [0.1, 0.15) is 23.4 Å². The highest BCUT2D eigenvalue weighted by Crippen LogP contribution is 2.34. The average Bonchev–Trinajstić information content (AvgIpc) is 2.87. The maximum absolute atomic E-state index is 10.1. The summed E-state index contributed by atoms with van der Waals surface area (Å²) in [6.07, 6.45) is 4.17. The maximum atomic E-state index is 10.1. The van der Waals surface area contributed by atoms with Crippen molar-refractivity contribution in [3.05, 3.63) is 53.1 Å². The van der Waals surface area contributed by atoms with Gasteiger partial charge in [-0.05, 0) is 54.8 Å². The molecule has 2 aromatic carbocycles. The van der Waals surface area contributed by atoms with Gasteiger partial charge in [0.2, 0.25) is 0 Å². The van der Waals surface area contributed by atoms with Gasteiger partial charge in [-0.2, -0.15) is 0 Å². The van der Waals surface area contributed by atoms with Gasteiger partial charge >= 0.3 is 0 Å². The van der Waals surface area contributed by atoms with Gasteiger partial charge in [-0.15, -0.1) is 0 Å². The molecule has 0 amide bonds. The lowest BCUT2D eigenvalue weighted by molar-refractivity contribution is -0.0229. The third-order valence-corrected chi connectivity index (χ3v) is 3.94. The Hall–Kier alpha value is -2.46. The van der Waals surface area contributed by atoms with Crippen LogP contribution in [0, 0.1) is 0 Å². The molecule has 3 rings (SSSR count). The highest BCUT2D eigenvalue weighted by molar-refractivity contribution is 5.71. The highest BCUT2D eigenvalue weighted by Gasteiger charge is 2.34. The Kier molecular flexibility index (Phi) is 3.78. The van der Waals surface area contributed by atoms with Crippen molar-refractivity contribution < 1.29 is 20.1 Å². The molecular weight excluding hydrogens is 292 g/mol. The molecule has 0 radical (unpaired) electrons. The standard InChI is InChI=1S/C19H20O4/c1-19(2,22)18-10-14-7-12(5-6-17(14)23-18)3-4-13-8-15(20)11-16(21)9-13/h3-9,11,18,20-22H,10H2,1-2H3/b4-3+/t18-/m1/s1. The summed E-state index contributed by atoms with van der Waals surface area (Å²) in [5.74, 6) is 0.865. The van der Waals surface area contributed by atoms with Crippen LogP contribution in [0.5, 0.6) is 17.2 Å². The zero-order chi connectivity index (χ0) is 16.6. The molecule has 23 heavy (non-hydrogen) atoms. The topological polar surface area (TPSA) is 69.9 Å². The largest absolute Gasteiger partial charge is 0.508 e. The minimum absolute atomic E-state index is 0.0278. The van der Waals surface area contributed by atoms with E-state index in [1.807, 2.05) is 30.4 Å². The minimum atomic E-state index is -0.881. The number of hydrogen-bond acceptors (Lipinski definition) is 4. The Labute approximate surface area is 135 Å². The smallest absolute Gasteiger partial charge is 0.131 e. The van der Waals surface area contributed by atoms with Crippen LogP contribution in [0.3, 0.4) is 0 Å². The molecule has 0 fully saturated rings. The normalized spacial score (nSPS) is 17.3. The fraction of sp³-hybridized carbons (Fsp3) is 0.263. The van der Waals surface area contributed by atoms with Gasteiger partial charge in [0, 0.05) is 12.5 Å². The predicted molar refractivity (Wildman–Crippen MR) is 89.6 cm³/mol. The molecule has 4 nitrogen and oxygen atoms in total. The quantitative estimate of drug-likeness (QED) is 0.760. The Morgan fingerprint density at radius 3 is 2.30 bits per heavy atom. The molecule has 1 atom stereocenters. The van der Waals surface area contributed by atoms with Crippen LogP contribution in [0.1, 0.15) is 30.5 Å². The van der Waals surface area contributed by atoms with Crippen LogP contribution in [0.15, 0.2) is 36.4 Å². The molecule has 0 saturated carbocycles. The SMILES string of the molecule is CC(C)(O)[C@H]1Cc2cc(/C=C/c3cc(O)cc(O)c3)ccc2O1. The van der Waals surface area contributed by atoms with Crippen molar-refractivity contribution in [3.63, 3.8) is 0 Å². The number of benzene rings is 2. The number of ether oxygens (including phenoxy) is 1. The molecule has 0 saturated heterocycles. The summed E-state index contributed by atoms with van der Waals surface area (Å²) in [6.45, 7) is 3.50. The molecule has 1 aliphatic heterocycles. The van der Waals surface area contributed by atoms with E-state index < -0.39 is 5.60 Å². The van der Waals surface area contributed by atoms with Gasteiger partial charge in [0.15, 0.2) is 0 Å². The van der Waals surface area contributed by atoms with E-state index in [-0.39, 0.29) is 17.6 Å². The Morgan fingerprint density at radius 2 is 1.65 bits per heavy atom. The molecule has 0 bridgehead atoms. The number of aliphatic hydroxyl groups is 1. The molecule has 4 heteroatoms. The van der Waals surface area contributed by atoms with E-state index in [4.69, 9.17) is 4.74 Å². The lowest BCUT2D eigenvalue weighted by Crippen LogP contribution is -2.39. The van der Waals surface area contributed by atoms with E-state index in [1.54, 1.807) is 26.0 Å². The fourth-order valence-electron chi connectivity index (χ4n) is 2.67. The predicted octanol–water partition coefficient (Wildman–Crippen LogP) is 3.34. The van der Waals surface area contributed by atoms with Crippen molar-refractivity contribution in [2.45, 2.75) is 32.0 Å². The fourth-order valence-corrected chi connectivity index (χ4v) is 2.67. The summed E-state index contributed by atoms with van der Waals surface area (Å²) < 4.78 is 5.78. The molecule has 1 aliphatic rings. The first-order valence-corrected chi connectivity index (χ1v) is 7.54. The summed E-state index contributed by atoms with van der Waals surface area (Å²) in [5.41, 5.74) is 1.90. The summed E-state index contributed by atoms with van der Waals surface area (Å²) >= 11 is 0. The molecule has 2 aromatic rings. The maximum Gasteiger partial charge on any atom is 0.131 e. The van der Waals surface area contributed by atoms with Crippen LogP contribution in [0.25, 0.3) is 12.2 Å². The summed E-state index contributed by atoms with van der Waals surface area (Å²) in [5, 5.41) is 29.1. The van der Waals surface area contributed by atoms with Gasteiger partial charge < -0.3 is 20.1 Å². The molecule has 3 N–H and O–H groups in total. The number of fused-ring (bicyclic) bond motifs is 1. The molecule has 0 spiro atoms. The second kappa shape index (κ2) is 5.63. The number of phenols is 2. The lowest BCUT2D eigenvalue weighted by atomic mass is 9.96. The Bertz CT molecular complexity index is 736. The third-order valence-electron chi connectivity index (χ3n) is 3.94. The molecular formula is C19H20O4. The molecule has 1 heterocycles. The molecule has 0 aliphatic carbocycles. The van der Waals surface area contributed by atoms with E-state index >= 15 is 0 Å². The minimum Gasteiger partial charge on any atom is -0.508 e. The second-order valence-electron chi connectivity index (χ2n) is 6.45. The van der Waals surface area contributed by atoms with Crippen LogP contribution in [-0.2, 0) is 6.42 Å². The van der Waals surface area contributed by atoms with Gasteiger partial charge in [-0.25, -0.2) is 0 Å². The van der Waals surface area contributed by atoms with Crippen LogP contribution in [0.4, 0.5) is 0 Å². The molecule has 0 unspecified atom stereocenters. The van der Waals surface area contributed by atoms with Crippen LogP contribution < -0.4 is 4.74 Å². The van der Waals surface area contributed by atoms with E-state index in [1.165, 1.54) is 6.07 Å². The van der Waals surface area contributed by atoms with E-state index in [0.717, 1.165) is 16.9 Å². The van der Waals surface area contributed by atoms with Gasteiger partial charge in [0.25, 0.3) is 0 Å². The average molecular weight is 312 g/mol. The first kappa shape index (κ1) is 15.4. The van der Waals surface area contributed by atoms with Crippen LogP contribution >= 0.6 is 0 Å². The van der Waals surface area contributed by atoms with Crippen molar-refractivity contribution in [3.8, 4) is 17.2 Å². The zero-order valence-corrected chi connectivity index (χ0v) is 13.2. The van der Waals surface area contributed by atoms with E-state index in [0.29, 0.717) is 12.0 Å². The first-order valence-electron chi connectivity index (χ1n) is 7.54. The third kappa shape index (κ3) is 3.48. The van der Waals surface area contributed by atoms with Crippen molar-refractivity contribution in [1.29, 1.82) is 0 Å². The van der Waals surface area contributed by atoms with E-state index in [9.17, 15) is 15.3 Å². The summed E-state index contributed by atoms with van der Waals surface area (Å²) in [7, 11) is 0. The second-order valence-corrected chi connectivity index (χ2v) is 6.45. The number of phenolic OH excluding ortho intramolecular Hbond substituents is 2. The van der Waals surface area contributed by atoms with Gasteiger partial charge in [-0.3, -0.25) is 0 Å². The zero-order valence-electron chi connectivity index (χ0n) is 13.2. The molecule has 0 aromatic heterocycles. The van der Waals surface area contributed by atoms with Crippen molar-refractivity contribution >= 4 is 12.2 Å². The van der Waals surface area contributed by atoms with Gasteiger partial charge in [-0.1, -0.05) is 18.2 Å². The van der Waals surface area contributed by atoms with Gasteiger partial charge in [0.05, 0.1) is 5.60 Å². The number of aromatic hydroxyl groups is 2. The van der Waals surface area contributed by atoms with Crippen molar-refractivity contribution in [2.24, 2.45) is 0 Å². The highest BCUT2D eigenvalue weighted by atomic mass is 16.5. The van der Waals surface area contributed by atoms with Crippen molar-refractivity contribution in [2.75, 3.05) is 0 Å². The number of hydrogen-bond donors (Lipinski definition) is 3. The lowest BCUT2D eigenvalue weighted by Gasteiger charge is -2.24. The summed E-state index contributed by atoms with van der Waals surface area (Å²) in [6, 6.07) is 10.3. The Morgan fingerprint density at radius 1 is 1.00 bits per heavy atom. The van der Waals surface area contributed by atoms with Crippen LogP contribution in [-0.4, -0.2) is 27.0 Å². The first-order chi connectivity index (χ1) is 10.8. The van der Waals surface area contributed by atoms with Crippen molar-refractivity contribution in [1.82, 2.24) is 0 Å². The van der Waals surface area contributed by atoms with Crippen LogP contribution in [0.2, 0.25) is 0 Å². The monoisotopic (exact) mass is 312 g/mol. The Balaban J connectivity index is 1.80. The van der Waals surface area contributed by atoms with E-state index in [2.05, 4.69) is 0 Å². The number of rotatable bonds is 3.